The Morgan fingerprint density at radius 3 is 2.61 bits per heavy atom. The molecule has 1 saturated heterocycles. The summed E-state index contributed by atoms with van der Waals surface area (Å²) in [6.45, 7) is 3.76. The van der Waals surface area contributed by atoms with Crippen molar-refractivity contribution < 1.29 is 18.7 Å². The van der Waals surface area contributed by atoms with E-state index >= 15 is 0 Å². The maximum absolute atomic E-state index is 12.5. The van der Waals surface area contributed by atoms with Crippen LogP contribution in [-0.4, -0.2) is 25.6 Å². The Kier molecular flexibility index (Phi) is 7.27. The number of hydrogen-bond acceptors (Lipinski definition) is 3. The molecule has 23 heavy (non-hydrogen) atoms. The summed E-state index contributed by atoms with van der Waals surface area (Å²) in [5.41, 5.74) is 1.32. The van der Waals surface area contributed by atoms with Gasteiger partial charge in [0.2, 0.25) is 0 Å². The van der Waals surface area contributed by atoms with Crippen molar-refractivity contribution in [3.8, 4) is 5.75 Å². The van der Waals surface area contributed by atoms with Gasteiger partial charge < -0.3 is 9.47 Å². The van der Waals surface area contributed by atoms with E-state index in [-0.39, 0.29) is 12.4 Å². The van der Waals surface area contributed by atoms with Crippen molar-refractivity contribution >= 4 is 5.78 Å². The van der Waals surface area contributed by atoms with Crippen molar-refractivity contribution in [2.45, 2.75) is 39.0 Å². The molecule has 0 unspecified atom stereocenters. The molecule has 0 bridgehead atoms. The van der Waals surface area contributed by atoms with Crippen LogP contribution in [0.5, 0.6) is 5.75 Å². The van der Waals surface area contributed by atoms with E-state index in [9.17, 15) is 9.18 Å². The van der Waals surface area contributed by atoms with Gasteiger partial charge in [0.05, 0.1) is 6.33 Å². The number of carbonyl (C=O) groups is 1. The Morgan fingerprint density at radius 2 is 2.00 bits per heavy atom. The Hall–Kier alpha value is -1.68. The van der Waals surface area contributed by atoms with E-state index < -0.39 is 0 Å². The first-order chi connectivity index (χ1) is 11.2. The number of carbonyl (C=O) groups excluding carboxylic acids is 1. The molecule has 1 fully saturated rings. The minimum Gasteiger partial charge on any atom is -0.489 e. The molecule has 1 heterocycles. The lowest BCUT2D eigenvalue weighted by molar-refractivity contribution is 0.0619. The molecule has 1 aliphatic rings. The maximum atomic E-state index is 12.5. The molecule has 0 aliphatic carbocycles. The largest absolute Gasteiger partial charge is 0.489 e. The quantitative estimate of drug-likeness (QED) is 0.650. The maximum Gasteiger partial charge on any atom is 0.162 e. The fourth-order valence-corrected chi connectivity index (χ4v) is 2.64. The average Bonchev–Trinajstić information content (AvgIpc) is 2.62. The summed E-state index contributed by atoms with van der Waals surface area (Å²) in [5, 5.41) is 0. The number of ketones is 1. The second kappa shape index (κ2) is 9.46. The summed E-state index contributed by atoms with van der Waals surface area (Å²) >= 11 is 0. The van der Waals surface area contributed by atoms with Gasteiger partial charge in [0.25, 0.3) is 0 Å². The van der Waals surface area contributed by atoms with E-state index in [1.54, 1.807) is 24.3 Å². The van der Waals surface area contributed by atoms with Crippen LogP contribution in [0.3, 0.4) is 0 Å². The Labute approximate surface area is 137 Å². The number of ether oxygens (including phenoxy) is 2. The zero-order valence-electron chi connectivity index (χ0n) is 13.7. The van der Waals surface area contributed by atoms with Crippen LogP contribution >= 0.6 is 0 Å². The third kappa shape index (κ3) is 5.79. The van der Waals surface area contributed by atoms with E-state index in [1.807, 2.05) is 6.92 Å². The number of halogens is 1. The summed E-state index contributed by atoms with van der Waals surface area (Å²) in [4.78, 5) is 12.2. The standard InChI is InChI=1S/C19H25FO3/c1-2-15(13-20)14-23-18-6-4-17(5-7-18)19(21)8-3-16-9-11-22-12-10-16/h4-7,13,16H,2-3,8-12,14H2,1H3. The Balaban J connectivity index is 1.80. The first-order valence-corrected chi connectivity index (χ1v) is 8.35. The van der Waals surface area contributed by atoms with Crippen LogP contribution < -0.4 is 4.74 Å². The minimum atomic E-state index is 0.168. The SMILES string of the molecule is CCC(=CF)COc1ccc(C(=O)CCC2CCOCC2)cc1. The predicted molar refractivity (Wildman–Crippen MR) is 88.5 cm³/mol. The van der Waals surface area contributed by atoms with Crippen molar-refractivity contribution in [3.63, 3.8) is 0 Å². The van der Waals surface area contributed by atoms with Crippen molar-refractivity contribution in [1.82, 2.24) is 0 Å². The highest BCUT2D eigenvalue weighted by molar-refractivity contribution is 5.96. The molecule has 0 atom stereocenters. The molecule has 0 amide bonds. The second-order valence-electron chi connectivity index (χ2n) is 5.95. The van der Waals surface area contributed by atoms with Crippen LogP contribution in [0.25, 0.3) is 0 Å². The molecular formula is C19H25FO3. The summed E-state index contributed by atoms with van der Waals surface area (Å²) < 4.78 is 23.3. The lowest BCUT2D eigenvalue weighted by atomic mass is 9.92. The predicted octanol–water partition coefficient (Wildman–Crippen LogP) is 4.72. The van der Waals surface area contributed by atoms with Crippen molar-refractivity contribution in [2.75, 3.05) is 19.8 Å². The highest BCUT2D eigenvalue weighted by Gasteiger charge is 2.15. The number of hydrogen-bond donors (Lipinski definition) is 0. The summed E-state index contributed by atoms with van der Waals surface area (Å²) in [6, 6.07) is 7.11. The molecule has 0 N–H and O–H groups in total. The Morgan fingerprint density at radius 1 is 1.30 bits per heavy atom. The smallest absolute Gasteiger partial charge is 0.162 e. The summed E-state index contributed by atoms with van der Waals surface area (Å²) in [6.07, 6.45) is 4.84. The van der Waals surface area contributed by atoms with E-state index in [0.717, 1.165) is 32.5 Å². The van der Waals surface area contributed by atoms with E-state index in [1.165, 1.54) is 0 Å². The van der Waals surface area contributed by atoms with Crippen LogP contribution in [0.15, 0.2) is 36.2 Å². The van der Waals surface area contributed by atoms with Gasteiger partial charge >= 0.3 is 0 Å². The van der Waals surface area contributed by atoms with Gasteiger partial charge in [-0.1, -0.05) is 6.92 Å². The number of Topliss-reactive ketones (excluding diaryl/α,β-unsaturated/α-hetero) is 1. The highest BCUT2D eigenvalue weighted by Crippen LogP contribution is 2.22. The molecule has 3 nitrogen and oxygen atoms in total. The molecule has 0 radical (unpaired) electrons. The van der Waals surface area contributed by atoms with Gasteiger partial charge in [0, 0.05) is 25.2 Å². The Bertz CT molecular complexity index is 516. The number of benzene rings is 1. The average molecular weight is 320 g/mol. The van der Waals surface area contributed by atoms with Gasteiger partial charge in [0.15, 0.2) is 5.78 Å². The van der Waals surface area contributed by atoms with Crippen LogP contribution in [0.4, 0.5) is 4.39 Å². The summed E-state index contributed by atoms with van der Waals surface area (Å²) in [5.74, 6) is 1.43. The molecule has 0 aromatic heterocycles. The molecule has 0 spiro atoms. The number of rotatable bonds is 8. The van der Waals surface area contributed by atoms with Crippen LogP contribution in [0.1, 0.15) is 49.4 Å². The van der Waals surface area contributed by atoms with Gasteiger partial charge in [-0.25, -0.2) is 4.39 Å². The molecule has 1 aliphatic heterocycles. The zero-order valence-corrected chi connectivity index (χ0v) is 13.7. The molecule has 0 saturated carbocycles. The van der Waals surface area contributed by atoms with Crippen LogP contribution in [-0.2, 0) is 4.74 Å². The molecule has 1 aromatic rings. The second-order valence-corrected chi connectivity index (χ2v) is 5.95. The lowest BCUT2D eigenvalue weighted by Crippen LogP contribution is -2.16. The van der Waals surface area contributed by atoms with E-state index in [0.29, 0.717) is 42.0 Å². The van der Waals surface area contributed by atoms with Crippen LogP contribution in [0.2, 0.25) is 0 Å². The monoisotopic (exact) mass is 320 g/mol. The topological polar surface area (TPSA) is 35.5 Å². The first kappa shape index (κ1) is 17.7. The van der Waals surface area contributed by atoms with Crippen molar-refractivity contribution in [3.05, 3.63) is 41.7 Å². The molecular weight excluding hydrogens is 295 g/mol. The first-order valence-electron chi connectivity index (χ1n) is 8.35. The van der Waals surface area contributed by atoms with Gasteiger partial charge in [-0.05, 0) is 61.4 Å². The minimum absolute atomic E-state index is 0.168. The third-order valence-electron chi connectivity index (χ3n) is 4.33. The van der Waals surface area contributed by atoms with Gasteiger partial charge in [-0.3, -0.25) is 4.79 Å². The fourth-order valence-electron chi connectivity index (χ4n) is 2.64. The van der Waals surface area contributed by atoms with Crippen LogP contribution in [0, 0.1) is 5.92 Å². The van der Waals surface area contributed by atoms with Crippen molar-refractivity contribution in [2.24, 2.45) is 5.92 Å². The van der Waals surface area contributed by atoms with Gasteiger partial charge in [0.1, 0.15) is 12.4 Å². The van der Waals surface area contributed by atoms with Gasteiger partial charge in [-0.15, -0.1) is 0 Å². The molecule has 4 heteroatoms. The third-order valence-corrected chi connectivity index (χ3v) is 4.33. The lowest BCUT2D eigenvalue weighted by Gasteiger charge is -2.21. The van der Waals surface area contributed by atoms with Gasteiger partial charge in [-0.2, -0.15) is 0 Å². The zero-order chi connectivity index (χ0) is 16.5. The fraction of sp³-hybridized carbons (Fsp3) is 0.526. The summed E-state index contributed by atoms with van der Waals surface area (Å²) in [7, 11) is 0. The van der Waals surface area contributed by atoms with Crippen molar-refractivity contribution in [1.29, 1.82) is 0 Å². The van der Waals surface area contributed by atoms with E-state index in [2.05, 4.69) is 0 Å². The molecule has 2 rings (SSSR count). The van der Waals surface area contributed by atoms with E-state index in [4.69, 9.17) is 9.47 Å². The molecule has 1 aromatic carbocycles. The normalized spacial score (nSPS) is 16.3. The molecule has 126 valence electrons. The highest BCUT2D eigenvalue weighted by atomic mass is 19.1.